The van der Waals surface area contributed by atoms with Gasteiger partial charge in [-0.1, -0.05) is 18.5 Å². The lowest BCUT2D eigenvalue weighted by molar-refractivity contribution is -0.384. The van der Waals surface area contributed by atoms with Crippen LogP contribution < -0.4 is 5.73 Å². The van der Waals surface area contributed by atoms with Gasteiger partial charge in [-0.05, 0) is 24.4 Å². The molecule has 1 saturated heterocycles. The number of halogens is 1. The number of rotatable bonds is 4. The van der Waals surface area contributed by atoms with Crippen LogP contribution in [0.3, 0.4) is 0 Å². The highest BCUT2D eigenvalue weighted by molar-refractivity contribution is 7.89. The average Bonchev–Trinajstić information content (AvgIpc) is 2.82. The van der Waals surface area contributed by atoms with E-state index in [1.807, 2.05) is 6.92 Å². The Morgan fingerprint density at radius 3 is 2.67 bits per heavy atom. The molecule has 1 aliphatic heterocycles. The molecule has 0 saturated carbocycles. The van der Waals surface area contributed by atoms with Gasteiger partial charge in [0.1, 0.15) is 4.90 Å². The second-order valence-electron chi connectivity index (χ2n) is 5.48. The number of nitro groups is 1. The van der Waals surface area contributed by atoms with Crippen molar-refractivity contribution in [1.82, 2.24) is 4.31 Å². The van der Waals surface area contributed by atoms with Crippen molar-refractivity contribution in [3.05, 3.63) is 33.3 Å². The quantitative estimate of drug-likeness (QED) is 0.665. The summed E-state index contributed by atoms with van der Waals surface area (Å²) in [5.74, 6) is 0. The molecular formula is C12H16ClN3O4S. The van der Waals surface area contributed by atoms with Gasteiger partial charge in [0.05, 0.1) is 9.95 Å². The van der Waals surface area contributed by atoms with Crippen molar-refractivity contribution in [3.8, 4) is 0 Å². The van der Waals surface area contributed by atoms with Crippen molar-refractivity contribution in [2.75, 3.05) is 19.6 Å². The third-order valence-electron chi connectivity index (χ3n) is 3.76. The molecule has 0 aromatic heterocycles. The number of sulfonamides is 1. The van der Waals surface area contributed by atoms with Crippen LogP contribution in [-0.2, 0) is 10.0 Å². The van der Waals surface area contributed by atoms with Gasteiger partial charge < -0.3 is 5.73 Å². The molecule has 21 heavy (non-hydrogen) atoms. The zero-order valence-electron chi connectivity index (χ0n) is 11.5. The lowest BCUT2D eigenvalue weighted by Crippen LogP contribution is -2.34. The van der Waals surface area contributed by atoms with Crippen LogP contribution in [-0.4, -0.2) is 37.3 Å². The molecule has 0 radical (unpaired) electrons. The fourth-order valence-corrected chi connectivity index (χ4v) is 4.41. The van der Waals surface area contributed by atoms with E-state index in [-0.39, 0.29) is 21.0 Å². The van der Waals surface area contributed by atoms with E-state index < -0.39 is 14.9 Å². The molecule has 1 heterocycles. The van der Waals surface area contributed by atoms with Gasteiger partial charge in [-0.15, -0.1) is 0 Å². The first-order valence-electron chi connectivity index (χ1n) is 6.34. The Hall–Kier alpha value is -1.22. The van der Waals surface area contributed by atoms with Gasteiger partial charge in [0, 0.05) is 25.2 Å². The maximum absolute atomic E-state index is 12.6. The minimum absolute atomic E-state index is 0.115. The molecule has 1 aromatic rings. The molecule has 7 nitrogen and oxygen atoms in total. The van der Waals surface area contributed by atoms with Crippen LogP contribution in [0.1, 0.15) is 13.3 Å². The molecule has 116 valence electrons. The molecular weight excluding hydrogens is 318 g/mol. The lowest BCUT2D eigenvalue weighted by Gasteiger charge is -2.22. The molecule has 9 heteroatoms. The first-order chi connectivity index (χ1) is 9.69. The van der Waals surface area contributed by atoms with Crippen LogP contribution in [0, 0.1) is 15.5 Å². The zero-order chi connectivity index (χ0) is 15.8. The molecule has 0 bridgehead atoms. The highest BCUT2D eigenvalue weighted by Crippen LogP contribution is 2.35. The predicted molar refractivity (Wildman–Crippen MR) is 78.6 cm³/mol. The van der Waals surface area contributed by atoms with E-state index in [1.165, 1.54) is 10.4 Å². The first-order valence-corrected chi connectivity index (χ1v) is 8.16. The number of benzene rings is 1. The Balaban J connectivity index is 2.35. The van der Waals surface area contributed by atoms with Crippen LogP contribution in [0.15, 0.2) is 23.1 Å². The molecule has 1 atom stereocenters. The Morgan fingerprint density at radius 1 is 1.52 bits per heavy atom. The molecule has 2 rings (SSSR count). The number of nitrogens with two attached hydrogens (primary N) is 1. The van der Waals surface area contributed by atoms with Crippen LogP contribution in [0.2, 0.25) is 5.02 Å². The van der Waals surface area contributed by atoms with Gasteiger partial charge >= 0.3 is 0 Å². The van der Waals surface area contributed by atoms with Crippen molar-refractivity contribution in [3.63, 3.8) is 0 Å². The summed E-state index contributed by atoms with van der Waals surface area (Å²) in [4.78, 5) is 9.93. The topological polar surface area (TPSA) is 107 Å². The summed E-state index contributed by atoms with van der Waals surface area (Å²) in [7, 11) is -3.77. The van der Waals surface area contributed by atoms with Crippen molar-refractivity contribution in [1.29, 1.82) is 0 Å². The minimum atomic E-state index is -3.77. The summed E-state index contributed by atoms with van der Waals surface area (Å²) in [5.41, 5.74) is 5.18. The first kappa shape index (κ1) is 16.2. The van der Waals surface area contributed by atoms with Gasteiger partial charge in [0.2, 0.25) is 10.0 Å². The molecule has 2 N–H and O–H groups in total. The third kappa shape index (κ3) is 3.03. The number of nitrogens with zero attached hydrogens (tertiary/aromatic N) is 2. The van der Waals surface area contributed by atoms with Crippen molar-refractivity contribution >= 4 is 27.3 Å². The molecule has 0 amide bonds. The molecule has 1 aliphatic rings. The van der Waals surface area contributed by atoms with E-state index in [0.29, 0.717) is 26.1 Å². The minimum Gasteiger partial charge on any atom is -0.330 e. The monoisotopic (exact) mass is 333 g/mol. The number of nitro benzene ring substituents is 1. The van der Waals surface area contributed by atoms with Crippen LogP contribution >= 0.6 is 11.6 Å². The van der Waals surface area contributed by atoms with Gasteiger partial charge in [0.15, 0.2) is 0 Å². The maximum atomic E-state index is 12.6. The number of hydrogen-bond donors (Lipinski definition) is 1. The summed E-state index contributed by atoms with van der Waals surface area (Å²) in [6.07, 6.45) is 0.674. The Bertz CT molecular complexity index is 679. The summed E-state index contributed by atoms with van der Waals surface area (Å²) >= 11 is 5.91. The molecule has 1 aromatic carbocycles. The molecule has 0 aliphatic carbocycles. The Morgan fingerprint density at radius 2 is 2.19 bits per heavy atom. The van der Waals surface area contributed by atoms with Gasteiger partial charge in [-0.2, -0.15) is 4.31 Å². The Labute approximate surface area is 127 Å². The van der Waals surface area contributed by atoms with E-state index in [0.717, 1.165) is 12.1 Å². The van der Waals surface area contributed by atoms with Crippen molar-refractivity contribution < 1.29 is 13.3 Å². The van der Waals surface area contributed by atoms with Gasteiger partial charge in [0.25, 0.3) is 5.69 Å². The summed E-state index contributed by atoms with van der Waals surface area (Å²) in [5, 5.41) is 10.5. The second kappa shape index (κ2) is 5.53. The highest BCUT2D eigenvalue weighted by Gasteiger charge is 2.39. The highest BCUT2D eigenvalue weighted by atomic mass is 35.5. The van der Waals surface area contributed by atoms with Crippen LogP contribution in [0.4, 0.5) is 5.69 Å². The van der Waals surface area contributed by atoms with E-state index in [9.17, 15) is 18.5 Å². The summed E-state index contributed by atoms with van der Waals surface area (Å²) < 4.78 is 26.5. The summed E-state index contributed by atoms with van der Waals surface area (Å²) in [6.45, 7) is 3.01. The Kier molecular flexibility index (Phi) is 4.25. The zero-order valence-corrected chi connectivity index (χ0v) is 13.0. The number of hydrogen-bond acceptors (Lipinski definition) is 5. The largest absolute Gasteiger partial charge is 0.330 e. The fourth-order valence-electron chi connectivity index (χ4n) is 2.30. The number of non-ortho nitro benzene ring substituents is 1. The second-order valence-corrected chi connectivity index (χ2v) is 7.79. The average molecular weight is 334 g/mol. The molecule has 1 unspecified atom stereocenters. The smallest absolute Gasteiger partial charge is 0.271 e. The molecule has 1 fully saturated rings. The SMILES string of the molecule is CC1(CN)CCN(S(=O)(=O)c2ccc([N+](=O)[O-])cc2Cl)C1. The van der Waals surface area contributed by atoms with Crippen molar-refractivity contribution in [2.45, 2.75) is 18.2 Å². The van der Waals surface area contributed by atoms with Gasteiger partial charge in [-0.3, -0.25) is 10.1 Å². The van der Waals surface area contributed by atoms with E-state index in [1.54, 1.807) is 0 Å². The predicted octanol–water partition coefficient (Wildman–Crippen LogP) is 1.61. The van der Waals surface area contributed by atoms with E-state index >= 15 is 0 Å². The van der Waals surface area contributed by atoms with Crippen molar-refractivity contribution in [2.24, 2.45) is 11.1 Å². The maximum Gasteiger partial charge on any atom is 0.271 e. The van der Waals surface area contributed by atoms with E-state index in [2.05, 4.69) is 0 Å². The standard InChI is InChI=1S/C12H16ClN3O4S/c1-12(7-14)4-5-15(8-12)21(19,20)11-3-2-9(16(17)18)6-10(11)13/h2-3,6H,4-5,7-8,14H2,1H3. The third-order valence-corrected chi connectivity index (χ3v) is 6.09. The fraction of sp³-hybridized carbons (Fsp3) is 0.500. The summed E-state index contributed by atoms with van der Waals surface area (Å²) in [6, 6.07) is 3.36. The lowest BCUT2D eigenvalue weighted by atomic mass is 9.90. The van der Waals surface area contributed by atoms with Crippen LogP contribution in [0.5, 0.6) is 0 Å². The molecule has 0 spiro atoms. The van der Waals surface area contributed by atoms with Crippen LogP contribution in [0.25, 0.3) is 0 Å². The van der Waals surface area contributed by atoms with Gasteiger partial charge in [-0.25, -0.2) is 8.42 Å². The van der Waals surface area contributed by atoms with E-state index in [4.69, 9.17) is 17.3 Å². The normalized spacial score (nSPS) is 23.4.